The molecule has 0 aromatic rings. The third-order valence-corrected chi connectivity index (χ3v) is 1.74. The average Bonchev–Trinajstić information content (AvgIpc) is 2.03. The Morgan fingerprint density at radius 2 is 2.07 bits per heavy atom. The minimum atomic E-state index is -0.159. The van der Waals surface area contributed by atoms with Crippen LogP contribution >= 0.6 is 0 Å². The average molecular weight is 199 g/mol. The molecule has 0 unspecified atom stereocenters. The minimum absolute atomic E-state index is 0.159. The Balaban J connectivity index is 4.04. The summed E-state index contributed by atoms with van der Waals surface area (Å²) in [5.41, 5.74) is 6.02. The van der Waals surface area contributed by atoms with Gasteiger partial charge in [-0.05, 0) is 6.08 Å². The third-order valence-electron chi connectivity index (χ3n) is 1.74. The van der Waals surface area contributed by atoms with Crippen molar-refractivity contribution < 1.29 is 4.74 Å². The summed E-state index contributed by atoms with van der Waals surface area (Å²) in [7, 11) is 1.64. The van der Waals surface area contributed by atoms with E-state index in [-0.39, 0.29) is 5.41 Å². The molecule has 0 heterocycles. The van der Waals surface area contributed by atoms with Crippen LogP contribution in [0.4, 0.5) is 0 Å². The molecule has 4 nitrogen and oxygen atoms in total. The predicted octanol–water partition coefficient (Wildman–Crippen LogP) is 1.09. The number of ether oxygens (including phenoxy) is 1. The van der Waals surface area contributed by atoms with Crippen LogP contribution < -0.4 is 11.1 Å². The van der Waals surface area contributed by atoms with Crippen LogP contribution in [-0.4, -0.2) is 26.0 Å². The molecule has 82 valence electrons. The molecule has 0 rings (SSSR count). The molecule has 0 amide bonds. The number of allylic oxidation sites excluding steroid dienone is 1. The van der Waals surface area contributed by atoms with E-state index in [4.69, 9.17) is 15.9 Å². The second kappa shape index (κ2) is 5.65. The van der Waals surface area contributed by atoms with Crippen molar-refractivity contribution in [2.45, 2.75) is 20.8 Å². The van der Waals surface area contributed by atoms with Crippen molar-refractivity contribution in [2.24, 2.45) is 11.1 Å². The second-order valence-electron chi connectivity index (χ2n) is 4.18. The Hall–Kier alpha value is -1.03. The van der Waals surface area contributed by atoms with Crippen LogP contribution in [0.25, 0.3) is 0 Å². The third kappa shape index (κ3) is 5.59. The van der Waals surface area contributed by atoms with Gasteiger partial charge in [0.1, 0.15) is 0 Å². The van der Waals surface area contributed by atoms with E-state index in [1.807, 2.05) is 20.8 Å². The lowest BCUT2D eigenvalue weighted by Crippen LogP contribution is -2.27. The van der Waals surface area contributed by atoms with Crippen molar-refractivity contribution in [1.82, 2.24) is 5.32 Å². The number of nitrogens with two attached hydrogens (primary N) is 1. The van der Waals surface area contributed by atoms with E-state index < -0.39 is 0 Å². The molecule has 0 saturated carbocycles. The summed E-state index contributed by atoms with van der Waals surface area (Å²) in [6, 6.07) is 0. The second-order valence-corrected chi connectivity index (χ2v) is 4.18. The van der Waals surface area contributed by atoms with E-state index in [0.29, 0.717) is 24.7 Å². The molecule has 0 bridgehead atoms. The minimum Gasteiger partial charge on any atom is -0.385 e. The fourth-order valence-corrected chi connectivity index (χ4v) is 0.720. The van der Waals surface area contributed by atoms with Crippen molar-refractivity contribution in [1.29, 1.82) is 5.41 Å². The zero-order valence-electron chi connectivity index (χ0n) is 9.48. The summed E-state index contributed by atoms with van der Waals surface area (Å²) in [6.07, 6.45) is 1.65. The van der Waals surface area contributed by atoms with Gasteiger partial charge in [-0.25, -0.2) is 0 Å². The first-order valence-electron chi connectivity index (χ1n) is 4.67. The molecule has 0 atom stereocenters. The van der Waals surface area contributed by atoms with Gasteiger partial charge in [-0.1, -0.05) is 20.8 Å². The van der Waals surface area contributed by atoms with Gasteiger partial charge in [-0.15, -0.1) is 0 Å². The quantitative estimate of drug-likeness (QED) is 0.458. The molecule has 0 aromatic carbocycles. The van der Waals surface area contributed by atoms with E-state index in [9.17, 15) is 0 Å². The molecule has 0 aromatic heterocycles. The van der Waals surface area contributed by atoms with Crippen LogP contribution in [0.3, 0.4) is 0 Å². The Labute approximate surface area is 86.0 Å². The summed E-state index contributed by atoms with van der Waals surface area (Å²) in [5, 5.41) is 10.7. The highest BCUT2D eigenvalue weighted by molar-refractivity contribution is 5.96. The Morgan fingerprint density at radius 3 is 2.50 bits per heavy atom. The maximum atomic E-state index is 7.72. The van der Waals surface area contributed by atoms with Gasteiger partial charge in [0.25, 0.3) is 0 Å². The van der Waals surface area contributed by atoms with E-state index in [0.717, 1.165) is 0 Å². The maximum Gasteiger partial charge on any atom is 0.0979 e. The zero-order valence-corrected chi connectivity index (χ0v) is 9.48. The van der Waals surface area contributed by atoms with Gasteiger partial charge in [0.15, 0.2) is 0 Å². The highest BCUT2D eigenvalue weighted by Crippen LogP contribution is 2.15. The molecule has 0 aliphatic carbocycles. The highest BCUT2D eigenvalue weighted by atomic mass is 16.5. The van der Waals surface area contributed by atoms with Crippen molar-refractivity contribution in [3.05, 3.63) is 11.9 Å². The van der Waals surface area contributed by atoms with Gasteiger partial charge in [-0.2, -0.15) is 0 Å². The van der Waals surface area contributed by atoms with Crippen LogP contribution in [0.2, 0.25) is 0 Å². The van der Waals surface area contributed by atoms with Gasteiger partial charge >= 0.3 is 0 Å². The number of nitrogens with one attached hydrogen (secondary N) is 2. The maximum absolute atomic E-state index is 7.72. The van der Waals surface area contributed by atoms with E-state index in [1.165, 1.54) is 0 Å². The Morgan fingerprint density at radius 1 is 1.50 bits per heavy atom. The van der Waals surface area contributed by atoms with Gasteiger partial charge in [0.05, 0.1) is 12.4 Å². The fourth-order valence-electron chi connectivity index (χ4n) is 0.720. The van der Waals surface area contributed by atoms with E-state index in [1.54, 1.807) is 13.2 Å². The molecule has 0 spiro atoms. The number of methoxy groups -OCH3 is 1. The van der Waals surface area contributed by atoms with Crippen LogP contribution in [0.5, 0.6) is 0 Å². The first-order chi connectivity index (χ1) is 6.38. The van der Waals surface area contributed by atoms with Crippen LogP contribution in [0.15, 0.2) is 11.9 Å². The molecular weight excluding hydrogens is 178 g/mol. The van der Waals surface area contributed by atoms with E-state index in [2.05, 4.69) is 5.32 Å². The van der Waals surface area contributed by atoms with Crippen LogP contribution in [-0.2, 0) is 4.74 Å². The van der Waals surface area contributed by atoms with Gasteiger partial charge in [0.2, 0.25) is 0 Å². The Kier molecular flexibility index (Phi) is 5.23. The molecule has 0 saturated heterocycles. The lowest BCUT2D eigenvalue weighted by molar-refractivity contribution is 0.202. The standard InChI is InChI=1S/C10H21N3O/c1-10(2,3)8(11)7-9(12)13-5-6-14-4/h7,11,13H,5-6,12H2,1-4H3/b9-7-,11-8?. The largest absolute Gasteiger partial charge is 0.385 e. The summed E-state index contributed by atoms with van der Waals surface area (Å²) < 4.78 is 4.87. The molecule has 4 N–H and O–H groups in total. The first kappa shape index (κ1) is 13.0. The highest BCUT2D eigenvalue weighted by Gasteiger charge is 2.14. The lowest BCUT2D eigenvalue weighted by Gasteiger charge is -2.17. The van der Waals surface area contributed by atoms with Crippen molar-refractivity contribution in [2.75, 3.05) is 20.3 Å². The Bertz CT molecular complexity index is 216. The molecular formula is C10H21N3O. The number of rotatable bonds is 5. The van der Waals surface area contributed by atoms with Crippen LogP contribution in [0.1, 0.15) is 20.8 Å². The smallest absolute Gasteiger partial charge is 0.0979 e. The lowest BCUT2D eigenvalue weighted by atomic mass is 9.90. The summed E-state index contributed by atoms with van der Waals surface area (Å²) >= 11 is 0. The topological polar surface area (TPSA) is 71.1 Å². The predicted molar refractivity (Wildman–Crippen MR) is 59.3 cm³/mol. The number of hydrogen-bond donors (Lipinski definition) is 3. The zero-order chi connectivity index (χ0) is 11.2. The van der Waals surface area contributed by atoms with Gasteiger partial charge in [-0.3, -0.25) is 0 Å². The molecule has 14 heavy (non-hydrogen) atoms. The van der Waals surface area contributed by atoms with Gasteiger partial charge < -0.3 is 21.2 Å². The van der Waals surface area contributed by atoms with Crippen LogP contribution in [0, 0.1) is 10.8 Å². The number of hydrogen-bond acceptors (Lipinski definition) is 4. The molecule has 0 radical (unpaired) electrons. The van der Waals surface area contributed by atoms with Crippen molar-refractivity contribution in [3.8, 4) is 0 Å². The molecule has 0 aliphatic rings. The monoisotopic (exact) mass is 199 g/mol. The molecule has 0 aliphatic heterocycles. The van der Waals surface area contributed by atoms with Crippen molar-refractivity contribution >= 4 is 5.71 Å². The summed E-state index contributed by atoms with van der Waals surface area (Å²) in [6.45, 7) is 7.21. The fraction of sp³-hybridized carbons (Fsp3) is 0.700. The summed E-state index contributed by atoms with van der Waals surface area (Å²) in [4.78, 5) is 0. The van der Waals surface area contributed by atoms with Gasteiger partial charge in [0, 0.05) is 24.8 Å². The summed E-state index contributed by atoms with van der Waals surface area (Å²) in [5.74, 6) is 0.516. The van der Waals surface area contributed by atoms with Crippen molar-refractivity contribution in [3.63, 3.8) is 0 Å². The van der Waals surface area contributed by atoms with E-state index >= 15 is 0 Å². The SMILES string of the molecule is COCCN/C(N)=C\C(=N)C(C)(C)C. The first-order valence-corrected chi connectivity index (χ1v) is 4.67. The molecule has 0 fully saturated rings. The molecule has 4 heteroatoms. The normalized spacial score (nSPS) is 12.7.